The van der Waals surface area contributed by atoms with E-state index in [0.717, 1.165) is 39.9 Å². The first-order valence-corrected chi connectivity index (χ1v) is 15.6. The van der Waals surface area contributed by atoms with Gasteiger partial charge in [-0.2, -0.15) is 4.39 Å². The van der Waals surface area contributed by atoms with E-state index in [1.165, 1.54) is 7.11 Å². The molecule has 0 fully saturated rings. The molecule has 0 N–H and O–H groups in total. The maximum atomic E-state index is 16.6. The predicted octanol–water partition coefficient (Wildman–Crippen LogP) is 6.41. The molecule has 0 saturated heterocycles. The van der Waals surface area contributed by atoms with Gasteiger partial charge in [0.25, 0.3) is 0 Å². The topological polar surface area (TPSA) is 93.3 Å². The molecular weight excluding hydrogens is 597 g/mol. The summed E-state index contributed by atoms with van der Waals surface area (Å²) in [6, 6.07) is 5.87. The van der Waals surface area contributed by atoms with Gasteiger partial charge in [0.05, 0.1) is 38.4 Å². The second-order valence-electron chi connectivity index (χ2n) is 12.8. The Bertz CT molecular complexity index is 2110. The van der Waals surface area contributed by atoms with Gasteiger partial charge in [0.2, 0.25) is 5.82 Å². The summed E-state index contributed by atoms with van der Waals surface area (Å²) in [5.41, 5.74) is 7.27. The van der Waals surface area contributed by atoms with Crippen LogP contribution in [0.15, 0.2) is 36.9 Å². The summed E-state index contributed by atoms with van der Waals surface area (Å²) < 4.78 is 37.8. The average Bonchev–Trinajstić information content (AvgIpc) is 3.60. The second-order valence-corrected chi connectivity index (χ2v) is 12.8. The number of benzene rings is 1. The summed E-state index contributed by atoms with van der Waals surface area (Å²) in [7, 11) is 5.19. The third-order valence-corrected chi connectivity index (χ3v) is 8.43. The van der Waals surface area contributed by atoms with Crippen molar-refractivity contribution in [3.63, 3.8) is 0 Å². The molecule has 5 aromatic rings. The summed E-state index contributed by atoms with van der Waals surface area (Å²) >= 11 is 0. The van der Waals surface area contributed by atoms with E-state index in [0.29, 0.717) is 46.8 Å². The van der Waals surface area contributed by atoms with E-state index in [1.807, 2.05) is 76.0 Å². The highest BCUT2D eigenvalue weighted by atomic mass is 19.1. The summed E-state index contributed by atoms with van der Waals surface area (Å²) in [5, 5.41) is 0.754. The molecule has 10 heteroatoms. The number of hydrogen-bond donors (Lipinski definition) is 0. The number of halogens is 1. The molecule has 4 aromatic heterocycles. The van der Waals surface area contributed by atoms with E-state index in [4.69, 9.17) is 19.2 Å². The van der Waals surface area contributed by atoms with Crippen molar-refractivity contribution in [1.29, 1.82) is 0 Å². The Kier molecular flexibility index (Phi) is 8.26. The summed E-state index contributed by atoms with van der Waals surface area (Å²) in [4.78, 5) is 26.4. The fourth-order valence-corrected chi connectivity index (χ4v) is 6.16. The Hall–Kier alpha value is -5.17. The van der Waals surface area contributed by atoms with Crippen LogP contribution in [0.5, 0.6) is 11.5 Å². The first kappa shape index (κ1) is 31.8. The molecule has 1 aliphatic rings. The van der Waals surface area contributed by atoms with E-state index in [9.17, 15) is 4.79 Å². The fourth-order valence-electron chi connectivity index (χ4n) is 6.16. The third kappa shape index (κ3) is 5.94. The molecule has 1 aromatic carbocycles. The number of fused-ring (bicyclic) bond motifs is 2. The van der Waals surface area contributed by atoms with Crippen molar-refractivity contribution >= 4 is 17.0 Å². The number of carbonyl (C=O) groups excluding carboxylic acids is 1. The van der Waals surface area contributed by atoms with Crippen molar-refractivity contribution in [2.24, 2.45) is 14.1 Å². The van der Waals surface area contributed by atoms with Gasteiger partial charge in [0.1, 0.15) is 22.6 Å². The number of aryl methyl sites for hydroxylation is 3. The standard InChI is InChI=1S/C37H38FN5O4/c1-21-26-10-9-15-46-34(26)33(38)35(47-37(3,4)5)31(21)32-27(18-30(44)45-8)22(2)41-36-28(32)17-29(43(36)7)23-13-14-40-24(16-23)11-12-25-19-39-20-42(25)6/h13-14,16-17,19-20H,9-10,15,18H2,1-8H3. The number of ether oxygens (including phenoxy) is 3. The highest BCUT2D eigenvalue weighted by Crippen LogP contribution is 2.49. The minimum atomic E-state index is -0.722. The van der Waals surface area contributed by atoms with Crippen LogP contribution in [-0.2, 0) is 36.5 Å². The lowest BCUT2D eigenvalue weighted by Crippen LogP contribution is -2.25. The lowest BCUT2D eigenvalue weighted by atomic mass is 9.86. The molecule has 9 nitrogen and oxygen atoms in total. The Morgan fingerprint density at radius 3 is 2.64 bits per heavy atom. The van der Waals surface area contributed by atoms with Crippen molar-refractivity contribution in [1.82, 2.24) is 24.1 Å². The van der Waals surface area contributed by atoms with E-state index in [1.54, 1.807) is 18.7 Å². The number of methoxy groups -OCH3 is 1. The zero-order valence-electron chi connectivity index (χ0n) is 28.0. The fraction of sp³-hybridized carbons (Fsp3) is 0.351. The number of pyridine rings is 2. The average molecular weight is 636 g/mol. The van der Waals surface area contributed by atoms with Crippen LogP contribution in [0.1, 0.15) is 61.0 Å². The molecule has 0 radical (unpaired) electrons. The van der Waals surface area contributed by atoms with Crippen molar-refractivity contribution in [3.8, 4) is 45.7 Å². The van der Waals surface area contributed by atoms with Gasteiger partial charge < -0.3 is 23.3 Å². The minimum absolute atomic E-state index is 0.0442. The molecule has 0 atom stereocenters. The largest absolute Gasteiger partial charge is 0.490 e. The Morgan fingerprint density at radius 2 is 1.94 bits per heavy atom. The second kappa shape index (κ2) is 12.2. The van der Waals surface area contributed by atoms with Gasteiger partial charge in [0.15, 0.2) is 11.5 Å². The van der Waals surface area contributed by atoms with Crippen LogP contribution in [0.3, 0.4) is 0 Å². The molecule has 47 heavy (non-hydrogen) atoms. The van der Waals surface area contributed by atoms with Crippen molar-refractivity contribution < 1.29 is 23.4 Å². The van der Waals surface area contributed by atoms with Gasteiger partial charge in [-0.15, -0.1) is 0 Å². The highest BCUT2D eigenvalue weighted by molar-refractivity contribution is 6.02. The number of nitrogens with zero attached hydrogens (tertiary/aromatic N) is 5. The Labute approximate surface area is 273 Å². The number of rotatable bonds is 5. The van der Waals surface area contributed by atoms with Crippen molar-refractivity contribution in [2.45, 2.75) is 59.5 Å². The maximum absolute atomic E-state index is 16.6. The van der Waals surface area contributed by atoms with Crippen LogP contribution in [0, 0.1) is 31.5 Å². The SMILES string of the molecule is COC(=O)Cc1c(C)nc2c(cc(-c3ccnc(C#Cc4cncn4C)c3)n2C)c1-c1c(C)c2c(c(F)c1OC(C)(C)C)OCCC2. The number of aromatic nitrogens is 5. The Morgan fingerprint density at radius 1 is 1.15 bits per heavy atom. The number of hydrogen-bond acceptors (Lipinski definition) is 7. The minimum Gasteiger partial charge on any atom is -0.490 e. The van der Waals surface area contributed by atoms with E-state index in [2.05, 4.69) is 21.8 Å². The molecule has 0 bridgehead atoms. The normalized spacial score (nSPS) is 12.7. The third-order valence-electron chi connectivity index (χ3n) is 8.43. The summed E-state index contributed by atoms with van der Waals surface area (Å²) in [5.74, 6) is 5.63. The molecule has 0 amide bonds. The van der Waals surface area contributed by atoms with E-state index in [-0.39, 0.29) is 17.9 Å². The number of esters is 1. The molecule has 6 rings (SSSR count). The number of carbonyl (C=O) groups is 1. The van der Waals surface area contributed by atoms with Crippen molar-refractivity contribution in [3.05, 3.63) is 76.5 Å². The smallest absolute Gasteiger partial charge is 0.310 e. The summed E-state index contributed by atoms with van der Waals surface area (Å²) in [6.45, 7) is 9.92. The molecule has 0 unspecified atom stereocenters. The molecule has 0 spiro atoms. The van der Waals surface area contributed by atoms with E-state index >= 15 is 4.39 Å². The zero-order chi connectivity index (χ0) is 33.6. The van der Waals surface area contributed by atoms with Crippen LogP contribution in [0.25, 0.3) is 33.4 Å². The van der Waals surface area contributed by atoms with E-state index < -0.39 is 17.4 Å². The monoisotopic (exact) mass is 635 g/mol. The summed E-state index contributed by atoms with van der Waals surface area (Å²) in [6.07, 6.45) is 6.52. The van der Waals surface area contributed by atoms with Gasteiger partial charge in [-0.1, -0.05) is 0 Å². The number of imidazole rings is 1. The van der Waals surface area contributed by atoms with Gasteiger partial charge in [-0.05, 0) is 88.6 Å². The molecule has 242 valence electrons. The quantitative estimate of drug-likeness (QED) is 0.163. The van der Waals surface area contributed by atoms with Crippen LogP contribution < -0.4 is 9.47 Å². The molecule has 1 aliphatic heterocycles. The zero-order valence-corrected chi connectivity index (χ0v) is 28.0. The van der Waals surface area contributed by atoms with Crippen molar-refractivity contribution in [2.75, 3.05) is 13.7 Å². The van der Waals surface area contributed by atoms with Crippen LogP contribution in [-0.4, -0.2) is 49.4 Å². The van der Waals surface area contributed by atoms with Crippen LogP contribution in [0.4, 0.5) is 4.39 Å². The Balaban J connectivity index is 1.64. The lowest BCUT2D eigenvalue weighted by molar-refractivity contribution is -0.139. The van der Waals surface area contributed by atoms with Crippen LogP contribution in [0.2, 0.25) is 0 Å². The van der Waals surface area contributed by atoms with Gasteiger partial charge >= 0.3 is 5.97 Å². The van der Waals surface area contributed by atoms with Gasteiger partial charge in [-0.25, -0.2) is 15.0 Å². The van der Waals surface area contributed by atoms with Crippen LogP contribution >= 0.6 is 0 Å². The lowest BCUT2D eigenvalue weighted by Gasteiger charge is -2.30. The molecule has 0 saturated carbocycles. The molecular formula is C37H38FN5O4. The maximum Gasteiger partial charge on any atom is 0.310 e. The first-order chi connectivity index (χ1) is 22.4. The first-order valence-electron chi connectivity index (χ1n) is 15.6. The molecule has 0 aliphatic carbocycles. The van der Waals surface area contributed by atoms with Gasteiger partial charge in [0, 0.05) is 53.6 Å². The molecule has 5 heterocycles. The highest BCUT2D eigenvalue weighted by Gasteiger charge is 2.33. The van der Waals surface area contributed by atoms with Gasteiger partial charge in [-0.3, -0.25) is 4.79 Å². The predicted molar refractivity (Wildman–Crippen MR) is 178 cm³/mol.